The average molecular weight is 555 g/mol. The Morgan fingerprint density at radius 2 is 1.07 bits per heavy atom. The van der Waals surface area contributed by atoms with Crippen molar-refractivity contribution in [1.82, 2.24) is 9.13 Å². The van der Waals surface area contributed by atoms with Crippen molar-refractivity contribution >= 4 is 49.3 Å². The van der Waals surface area contributed by atoms with E-state index in [-0.39, 0.29) is 10.6 Å². The molecule has 6 heteroatoms. The SMILES string of the molecule is N#Cc1cc(-c2ccc(-n3c4ccccc4c4ccccc43)cc2)cc(-n2c3ccccc3c3cc([N+](=O)[O-])ccc32)c1. The molecule has 0 spiro atoms. The summed E-state index contributed by atoms with van der Waals surface area (Å²) in [4.78, 5) is 11.2. The Kier molecular flexibility index (Phi) is 5.40. The summed E-state index contributed by atoms with van der Waals surface area (Å²) in [5.41, 5.74) is 8.42. The van der Waals surface area contributed by atoms with E-state index in [2.05, 4.69) is 94.1 Å². The number of benzene rings is 6. The lowest BCUT2D eigenvalue weighted by atomic mass is 10.0. The molecular formula is C37H22N4O2. The van der Waals surface area contributed by atoms with Gasteiger partial charge in [-0.05, 0) is 65.7 Å². The van der Waals surface area contributed by atoms with Crippen molar-refractivity contribution in [2.45, 2.75) is 0 Å². The van der Waals surface area contributed by atoms with Crippen LogP contribution in [0, 0.1) is 21.4 Å². The third-order valence-electron chi connectivity index (χ3n) is 8.21. The number of nitrogens with zero attached hydrogens (tertiary/aromatic N) is 4. The molecule has 43 heavy (non-hydrogen) atoms. The highest BCUT2D eigenvalue weighted by Gasteiger charge is 2.17. The van der Waals surface area contributed by atoms with E-state index in [0.717, 1.165) is 55.3 Å². The number of fused-ring (bicyclic) bond motifs is 6. The van der Waals surface area contributed by atoms with E-state index in [9.17, 15) is 15.4 Å². The van der Waals surface area contributed by atoms with Crippen LogP contribution in [0.15, 0.2) is 133 Å². The topological polar surface area (TPSA) is 76.8 Å². The van der Waals surface area contributed by atoms with Gasteiger partial charge in [0.2, 0.25) is 0 Å². The van der Waals surface area contributed by atoms with Gasteiger partial charge in [0, 0.05) is 45.1 Å². The molecule has 202 valence electrons. The highest BCUT2D eigenvalue weighted by atomic mass is 16.6. The summed E-state index contributed by atoms with van der Waals surface area (Å²) in [6.45, 7) is 0. The lowest BCUT2D eigenvalue weighted by molar-refractivity contribution is -0.384. The van der Waals surface area contributed by atoms with E-state index in [4.69, 9.17) is 0 Å². The fourth-order valence-electron chi connectivity index (χ4n) is 6.33. The van der Waals surface area contributed by atoms with Crippen LogP contribution in [-0.4, -0.2) is 14.1 Å². The minimum atomic E-state index is -0.372. The maximum Gasteiger partial charge on any atom is 0.270 e. The molecule has 0 saturated carbocycles. The lowest BCUT2D eigenvalue weighted by Crippen LogP contribution is -1.97. The van der Waals surface area contributed by atoms with Gasteiger partial charge in [0.15, 0.2) is 0 Å². The fourth-order valence-corrected chi connectivity index (χ4v) is 6.33. The maximum absolute atomic E-state index is 11.5. The Bertz CT molecular complexity index is 2390. The summed E-state index contributed by atoms with van der Waals surface area (Å²) >= 11 is 0. The monoisotopic (exact) mass is 554 g/mol. The average Bonchev–Trinajstić information content (AvgIpc) is 3.57. The molecule has 2 aromatic heterocycles. The summed E-state index contributed by atoms with van der Waals surface area (Å²) < 4.78 is 4.36. The predicted molar refractivity (Wildman–Crippen MR) is 172 cm³/mol. The third-order valence-corrected chi connectivity index (χ3v) is 8.21. The van der Waals surface area contributed by atoms with E-state index in [1.54, 1.807) is 12.1 Å². The molecule has 0 fully saturated rings. The highest BCUT2D eigenvalue weighted by molar-refractivity contribution is 6.10. The number of non-ortho nitro benzene ring substituents is 1. The molecule has 0 N–H and O–H groups in total. The Morgan fingerprint density at radius 1 is 0.535 bits per heavy atom. The second-order valence-electron chi connectivity index (χ2n) is 10.6. The molecule has 8 aromatic rings. The van der Waals surface area contributed by atoms with Gasteiger partial charge in [-0.2, -0.15) is 5.26 Å². The lowest BCUT2D eigenvalue weighted by Gasteiger charge is -2.13. The van der Waals surface area contributed by atoms with Gasteiger partial charge in [0.25, 0.3) is 5.69 Å². The summed E-state index contributed by atoms with van der Waals surface area (Å²) in [6, 6.07) is 46.2. The largest absolute Gasteiger partial charge is 0.309 e. The van der Waals surface area contributed by atoms with Crippen molar-refractivity contribution < 1.29 is 4.92 Å². The van der Waals surface area contributed by atoms with E-state index in [1.165, 1.54) is 16.8 Å². The van der Waals surface area contributed by atoms with E-state index < -0.39 is 0 Å². The van der Waals surface area contributed by atoms with Crippen LogP contribution < -0.4 is 0 Å². The van der Waals surface area contributed by atoms with Crippen LogP contribution in [0.25, 0.3) is 66.1 Å². The van der Waals surface area contributed by atoms with Crippen molar-refractivity contribution in [1.29, 1.82) is 5.26 Å². The first kappa shape index (κ1) is 24.6. The Hall–Kier alpha value is -6.19. The zero-order chi connectivity index (χ0) is 29.1. The van der Waals surface area contributed by atoms with Crippen LogP contribution in [0.1, 0.15) is 5.56 Å². The normalized spacial score (nSPS) is 11.4. The minimum Gasteiger partial charge on any atom is -0.309 e. The van der Waals surface area contributed by atoms with Crippen LogP contribution in [0.4, 0.5) is 5.69 Å². The van der Waals surface area contributed by atoms with Gasteiger partial charge in [-0.25, -0.2) is 0 Å². The minimum absolute atomic E-state index is 0.0465. The Labute approximate surface area is 246 Å². The highest BCUT2D eigenvalue weighted by Crippen LogP contribution is 2.36. The molecule has 0 unspecified atom stereocenters. The van der Waals surface area contributed by atoms with Crippen molar-refractivity contribution in [3.8, 4) is 28.6 Å². The molecular weight excluding hydrogens is 532 g/mol. The van der Waals surface area contributed by atoms with Gasteiger partial charge in [-0.1, -0.05) is 66.7 Å². The summed E-state index contributed by atoms with van der Waals surface area (Å²) in [5, 5.41) is 25.7. The fraction of sp³-hybridized carbons (Fsp3) is 0. The second-order valence-corrected chi connectivity index (χ2v) is 10.6. The molecule has 6 aromatic carbocycles. The van der Waals surface area contributed by atoms with Gasteiger partial charge >= 0.3 is 0 Å². The third kappa shape index (κ3) is 3.80. The molecule has 0 aliphatic carbocycles. The number of hydrogen-bond donors (Lipinski definition) is 0. The number of hydrogen-bond acceptors (Lipinski definition) is 3. The zero-order valence-electron chi connectivity index (χ0n) is 22.8. The van der Waals surface area contributed by atoms with Gasteiger partial charge in [0.1, 0.15) is 0 Å². The first-order valence-corrected chi connectivity index (χ1v) is 13.9. The van der Waals surface area contributed by atoms with E-state index in [1.807, 2.05) is 36.4 Å². The molecule has 8 rings (SSSR count). The molecule has 0 aliphatic heterocycles. The molecule has 0 radical (unpaired) electrons. The van der Waals surface area contributed by atoms with Gasteiger partial charge < -0.3 is 9.13 Å². The van der Waals surface area contributed by atoms with Crippen LogP contribution in [0.2, 0.25) is 0 Å². The quantitative estimate of drug-likeness (QED) is 0.161. The van der Waals surface area contributed by atoms with E-state index in [0.29, 0.717) is 5.56 Å². The Morgan fingerprint density at radius 3 is 1.65 bits per heavy atom. The number of nitriles is 1. The first-order chi connectivity index (χ1) is 21.1. The van der Waals surface area contributed by atoms with E-state index >= 15 is 0 Å². The van der Waals surface area contributed by atoms with Crippen LogP contribution >= 0.6 is 0 Å². The first-order valence-electron chi connectivity index (χ1n) is 13.9. The molecule has 0 amide bonds. The molecule has 0 bridgehead atoms. The maximum atomic E-state index is 11.5. The summed E-state index contributed by atoms with van der Waals surface area (Å²) in [7, 11) is 0. The zero-order valence-corrected chi connectivity index (χ0v) is 22.8. The van der Waals surface area contributed by atoms with Crippen molar-refractivity contribution in [3.63, 3.8) is 0 Å². The molecule has 0 atom stereocenters. The van der Waals surface area contributed by atoms with Crippen molar-refractivity contribution in [2.75, 3.05) is 0 Å². The van der Waals surface area contributed by atoms with Gasteiger partial charge in [0.05, 0.1) is 38.6 Å². The summed E-state index contributed by atoms with van der Waals surface area (Å²) in [6.07, 6.45) is 0. The van der Waals surface area contributed by atoms with Crippen molar-refractivity contribution in [3.05, 3.63) is 149 Å². The number of aromatic nitrogens is 2. The number of nitro benzene ring substituents is 1. The van der Waals surface area contributed by atoms with Crippen LogP contribution in [-0.2, 0) is 0 Å². The van der Waals surface area contributed by atoms with Crippen molar-refractivity contribution in [2.24, 2.45) is 0 Å². The molecule has 6 nitrogen and oxygen atoms in total. The second kappa shape index (κ2) is 9.44. The Balaban J connectivity index is 1.29. The number of nitro groups is 1. The molecule has 0 aliphatic rings. The number of para-hydroxylation sites is 3. The smallest absolute Gasteiger partial charge is 0.270 e. The van der Waals surface area contributed by atoms with Crippen LogP contribution in [0.5, 0.6) is 0 Å². The summed E-state index contributed by atoms with van der Waals surface area (Å²) in [5.74, 6) is 0. The standard InChI is InChI=1S/C37H22N4O2/c38-23-24-19-26(21-29(20-24)40-36-12-6-3-9-32(36)33-22-28(41(42)43)17-18-37(33)40)25-13-15-27(16-14-25)39-34-10-4-1-7-30(34)31-8-2-5-11-35(31)39/h1-22H. The number of rotatable bonds is 4. The van der Waals surface area contributed by atoms with Crippen LogP contribution in [0.3, 0.4) is 0 Å². The predicted octanol–water partition coefficient (Wildman–Crippen LogP) is 9.33. The molecule has 2 heterocycles. The van der Waals surface area contributed by atoms with Gasteiger partial charge in [-0.15, -0.1) is 0 Å². The van der Waals surface area contributed by atoms with Gasteiger partial charge in [-0.3, -0.25) is 10.1 Å². The molecule has 0 saturated heterocycles.